The van der Waals surface area contributed by atoms with Crippen molar-refractivity contribution in [1.29, 1.82) is 0 Å². The molecule has 3 aromatic rings. The van der Waals surface area contributed by atoms with Crippen LogP contribution in [0.5, 0.6) is 0 Å². The highest BCUT2D eigenvalue weighted by Gasteiger charge is 2.14. The van der Waals surface area contributed by atoms with Gasteiger partial charge in [-0.2, -0.15) is 5.10 Å². The summed E-state index contributed by atoms with van der Waals surface area (Å²) in [6.07, 6.45) is 2.25. The van der Waals surface area contributed by atoms with Gasteiger partial charge in [0.15, 0.2) is 5.82 Å². The van der Waals surface area contributed by atoms with Gasteiger partial charge in [0.2, 0.25) is 0 Å². The van der Waals surface area contributed by atoms with Crippen molar-refractivity contribution in [2.45, 2.75) is 13.0 Å². The summed E-state index contributed by atoms with van der Waals surface area (Å²) >= 11 is 7.80. The summed E-state index contributed by atoms with van der Waals surface area (Å²) in [7, 11) is 1.81. The maximum Gasteiger partial charge on any atom is 0.170 e. The van der Waals surface area contributed by atoms with E-state index in [1.165, 1.54) is 6.07 Å². The molecule has 3 rings (SSSR count). The summed E-state index contributed by atoms with van der Waals surface area (Å²) in [6.45, 7) is 0.448. The van der Waals surface area contributed by atoms with Crippen molar-refractivity contribution in [3.05, 3.63) is 39.5 Å². The third-order valence-electron chi connectivity index (χ3n) is 3.13. The van der Waals surface area contributed by atoms with Crippen LogP contribution in [0.25, 0.3) is 11.0 Å². The van der Waals surface area contributed by atoms with Gasteiger partial charge in [0.05, 0.1) is 21.1 Å². The predicted octanol–water partition coefficient (Wildman–Crippen LogP) is 2.74. The van der Waals surface area contributed by atoms with Crippen LogP contribution in [0.4, 0.5) is 4.39 Å². The van der Waals surface area contributed by atoms with E-state index in [2.05, 4.69) is 15.1 Å². The Morgan fingerprint density at radius 3 is 2.86 bits per heavy atom. The zero-order chi connectivity index (χ0) is 15.0. The van der Waals surface area contributed by atoms with Crippen LogP contribution in [0.15, 0.2) is 18.5 Å². The molecule has 0 saturated carbocycles. The number of nitrogens with zero attached hydrogens (tertiary/aromatic N) is 5. The van der Waals surface area contributed by atoms with Gasteiger partial charge in [-0.15, -0.1) is 11.6 Å². The fraction of sp³-hybridized carbons (Fsp3) is 0.308. The second kappa shape index (κ2) is 5.88. The molecule has 110 valence electrons. The Morgan fingerprint density at radius 1 is 1.38 bits per heavy atom. The normalized spacial score (nSPS) is 11.4. The summed E-state index contributed by atoms with van der Waals surface area (Å²) < 4.78 is 18.0. The second-order valence-corrected chi connectivity index (χ2v) is 6.18. The molecule has 0 amide bonds. The molecule has 8 heteroatoms. The summed E-state index contributed by atoms with van der Waals surface area (Å²) in [6, 6.07) is 3.25. The summed E-state index contributed by atoms with van der Waals surface area (Å²) in [5.41, 5.74) is 1.50. The van der Waals surface area contributed by atoms with Crippen LogP contribution in [0.3, 0.4) is 0 Å². The largest absolute Gasteiger partial charge is 0.320 e. The van der Waals surface area contributed by atoms with Crippen molar-refractivity contribution in [1.82, 2.24) is 24.3 Å². The number of alkyl halides is 1. The van der Waals surface area contributed by atoms with E-state index < -0.39 is 0 Å². The molecule has 0 spiro atoms. The van der Waals surface area contributed by atoms with Gasteiger partial charge in [0.25, 0.3) is 0 Å². The number of imidazole rings is 1. The number of rotatable bonds is 4. The van der Waals surface area contributed by atoms with E-state index in [-0.39, 0.29) is 5.82 Å². The molecule has 0 aliphatic heterocycles. The number of halogens is 3. The van der Waals surface area contributed by atoms with Gasteiger partial charge >= 0.3 is 0 Å². The van der Waals surface area contributed by atoms with Crippen molar-refractivity contribution in [3.8, 4) is 0 Å². The highest BCUT2D eigenvalue weighted by Crippen LogP contribution is 2.23. The predicted molar refractivity (Wildman–Crippen MR) is 86.9 cm³/mol. The molecule has 0 N–H and O–H groups in total. The monoisotopic (exact) mass is 419 g/mol. The first-order valence-corrected chi connectivity index (χ1v) is 7.94. The standard InChI is InChI=1S/C13H12ClFIN5/c1-20-7-17-12(19-20)6-21-11-4-8(15)9(16)5-10(11)18-13(21)2-3-14/h4-5,7H,2-3,6H2,1H3. The molecule has 5 nitrogen and oxygen atoms in total. The Hall–Kier alpha value is -1.22. The van der Waals surface area contributed by atoms with E-state index in [1.807, 2.05) is 34.2 Å². The maximum atomic E-state index is 13.9. The number of benzene rings is 1. The highest BCUT2D eigenvalue weighted by atomic mass is 127. The van der Waals surface area contributed by atoms with E-state index >= 15 is 0 Å². The van der Waals surface area contributed by atoms with Crippen molar-refractivity contribution >= 4 is 45.2 Å². The molecule has 0 atom stereocenters. The lowest BCUT2D eigenvalue weighted by molar-refractivity contribution is 0.620. The van der Waals surface area contributed by atoms with Crippen molar-refractivity contribution in [2.24, 2.45) is 7.05 Å². The SMILES string of the molecule is Cn1cnc(Cn2c(CCCl)nc3cc(I)c(F)cc32)n1. The zero-order valence-corrected chi connectivity index (χ0v) is 14.1. The van der Waals surface area contributed by atoms with Gasteiger partial charge < -0.3 is 4.57 Å². The third kappa shape index (κ3) is 2.89. The van der Waals surface area contributed by atoms with Crippen molar-refractivity contribution in [2.75, 3.05) is 5.88 Å². The third-order valence-corrected chi connectivity index (χ3v) is 4.15. The minimum absolute atomic E-state index is 0.254. The molecule has 0 fully saturated rings. The number of fused-ring (bicyclic) bond motifs is 1. The molecular formula is C13H12ClFIN5. The van der Waals surface area contributed by atoms with E-state index in [1.54, 1.807) is 17.1 Å². The van der Waals surface area contributed by atoms with E-state index in [0.717, 1.165) is 16.9 Å². The van der Waals surface area contributed by atoms with Crippen LogP contribution < -0.4 is 0 Å². The molecule has 0 saturated heterocycles. The quantitative estimate of drug-likeness (QED) is 0.483. The molecule has 0 radical (unpaired) electrons. The van der Waals surface area contributed by atoms with Crippen LogP contribution in [0.1, 0.15) is 11.6 Å². The van der Waals surface area contributed by atoms with Crippen LogP contribution in [-0.4, -0.2) is 30.2 Å². The van der Waals surface area contributed by atoms with Gasteiger partial charge in [0, 0.05) is 25.4 Å². The van der Waals surface area contributed by atoms with Gasteiger partial charge in [-0.25, -0.2) is 14.4 Å². The Bertz CT molecular complexity index is 797. The Balaban J connectivity index is 2.12. The van der Waals surface area contributed by atoms with Crippen molar-refractivity contribution < 1.29 is 4.39 Å². The lowest BCUT2D eigenvalue weighted by atomic mass is 10.3. The van der Waals surface area contributed by atoms with Crippen LogP contribution in [0, 0.1) is 9.39 Å². The number of aryl methyl sites for hydroxylation is 2. The Morgan fingerprint density at radius 2 is 2.19 bits per heavy atom. The van der Waals surface area contributed by atoms with Gasteiger partial charge in [-0.3, -0.25) is 4.68 Å². The lowest BCUT2D eigenvalue weighted by Gasteiger charge is -2.06. The van der Waals surface area contributed by atoms with Gasteiger partial charge in [-0.05, 0) is 28.7 Å². The lowest BCUT2D eigenvalue weighted by Crippen LogP contribution is -2.08. The second-order valence-electron chi connectivity index (χ2n) is 4.64. The smallest absolute Gasteiger partial charge is 0.170 e. The number of hydrogen-bond acceptors (Lipinski definition) is 3. The molecule has 0 aliphatic carbocycles. The maximum absolute atomic E-state index is 13.9. The fourth-order valence-electron chi connectivity index (χ4n) is 2.22. The Labute approximate surface area is 139 Å². The van der Waals surface area contributed by atoms with Crippen LogP contribution in [-0.2, 0) is 20.0 Å². The molecular weight excluding hydrogens is 408 g/mol. The van der Waals surface area contributed by atoms with Crippen molar-refractivity contribution in [3.63, 3.8) is 0 Å². The topological polar surface area (TPSA) is 48.5 Å². The minimum atomic E-state index is -0.254. The summed E-state index contributed by atoms with van der Waals surface area (Å²) in [5, 5.41) is 4.26. The minimum Gasteiger partial charge on any atom is -0.320 e. The molecule has 2 aromatic heterocycles. The molecule has 0 bridgehead atoms. The molecule has 0 unspecified atom stereocenters. The van der Waals surface area contributed by atoms with Gasteiger partial charge in [-0.1, -0.05) is 0 Å². The molecule has 0 aliphatic rings. The number of hydrogen-bond donors (Lipinski definition) is 0. The summed E-state index contributed by atoms with van der Waals surface area (Å²) in [5.74, 6) is 1.68. The van der Waals surface area contributed by atoms with Gasteiger partial charge in [0.1, 0.15) is 18.0 Å². The molecule has 21 heavy (non-hydrogen) atoms. The Kier molecular flexibility index (Phi) is 4.12. The first-order valence-electron chi connectivity index (χ1n) is 6.33. The first kappa shape index (κ1) is 14.7. The van der Waals surface area contributed by atoms with E-state index in [0.29, 0.717) is 28.2 Å². The number of aromatic nitrogens is 5. The average molecular weight is 420 g/mol. The fourth-order valence-corrected chi connectivity index (χ4v) is 2.84. The first-order chi connectivity index (χ1) is 10.1. The summed E-state index contributed by atoms with van der Waals surface area (Å²) in [4.78, 5) is 8.77. The molecule has 1 aromatic carbocycles. The van der Waals surface area contributed by atoms with Crippen LogP contribution >= 0.6 is 34.2 Å². The molecule has 2 heterocycles. The van der Waals surface area contributed by atoms with E-state index in [9.17, 15) is 4.39 Å². The highest BCUT2D eigenvalue weighted by molar-refractivity contribution is 14.1. The van der Waals surface area contributed by atoms with E-state index in [4.69, 9.17) is 11.6 Å². The van der Waals surface area contributed by atoms with Crippen LogP contribution in [0.2, 0.25) is 0 Å². The average Bonchev–Trinajstić information content (AvgIpc) is 2.97. The zero-order valence-electron chi connectivity index (χ0n) is 11.2.